The van der Waals surface area contributed by atoms with E-state index in [0.717, 1.165) is 32.9 Å². The molecule has 4 rings (SSSR count). The quantitative estimate of drug-likeness (QED) is 0.309. The second-order valence-corrected chi connectivity index (χ2v) is 8.27. The number of carbonyl (C=O) groups excluding carboxylic acids is 1. The number of carbonyl (C=O) groups is 1. The fraction of sp³-hybridized carbons (Fsp3) is 0.136. The topological polar surface area (TPSA) is 47.8 Å². The van der Waals surface area contributed by atoms with Gasteiger partial charge in [-0.3, -0.25) is 4.79 Å². The molecule has 4 aromatic rings. The molecular weight excluding hydrogens is 390 g/mol. The highest BCUT2D eigenvalue weighted by molar-refractivity contribution is 8.00. The van der Waals surface area contributed by atoms with Gasteiger partial charge in [0.05, 0.1) is 10.6 Å². The van der Waals surface area contributed by atoms with Gasteiger partial charge in [0.1, 0.15) is 22.8 Å². The van der Waals surface area contributed by atoms with Crippen LogP contribution in [0.3, 0.4) is 0 Å². The Bertz CT molecular complexity index is 1160. The number of benzene rings is 2. The van der Waals surface area contributed by atoms with Crippen molar-refractivity contribution in [1.29, 1.82) is 0 Å². The number of ketones is 1. The Balaban J connectivity index is 1.99. The molecular formula is C22H18ClN3OS. The van der Waals surface area contributed by atoms with Gasteiger partial charge in [-0.1, -0.05) is 59.8 Å². The monoisotopic (exact) mass is 407 g/mol. The highest BCUT2D eigenvalue weighted by Crippen LogP contribution is 2.38. The maximum atomic E-state index is 11.8. The summed E-state index contributed by atoms with van der Waals surface area (Å²) in [7, 11) is 0. The van der Waals surface area contributed by atoms with Gasteiger partial charge >= 0.3 is 0 Å². The largest absolute Gasteiger partial charge is 0.301 e. The average molecular weight is 408 g/mol. The Kier molecular flexibility index (Phi) is 5.20. The van der Waals surface area contributed by atoms with E-state index in [2.05, 4.69) is 28.3 Å². The van der Waals surface area contributed by atoms with E-state index >= 15 is 0 Å². The van der Waals surface area contributed by atoms with Crippen LogP contribution in [0.2, 0.25) is 5.02 Å². The molecule has 6 heteroatoms. The van der Waals surface area contributed by atoms with E-state index in [-0.39, 0.29) is 11.0 Å². The van der Waals surface area contributed by atoms with Crippen LogP contribution in [0, 0.1) is 0 Å². The summed E-state index contributed by atoms with van der Waals surface area (Å²) in [4.78, 5) is 20.9. The second kappa shape index (κ2) is 7.78. The predicted octanol–water partition coefficient (Wildman–Crippen LogP) is 5.81. The van der Waals surface area contributed by atoms with Crippen molar-refractivity contribution in [1.82, 2.24) is 14.5 Å². The Morgan fingerprint density at radius 2 is 1.89 bits per heavy atom. The zero-order valence-corrected chi connectivity index (χ0v) is 17.0. The molecule has 0 N–H and O–H groups in total. The van der Waals surface area contributed by atoms with Crippen LogP contribution in [0.25, 0.3) is 27.8 Å². The van der Waals surface area contributed by atoms with Gasteiger partial charge in [-0.25, -0.2) is 9.97 Å². The summed E-state index contributed by atoms with van der Waals surface area (Å²) in [5.74, 6) is 0.118. The van der Waals surface area contributed by atoms with Gasteiger partial charge in [0, 0.05) is 22.5 Å². The average Bonchev–Trinajstić information content (AvgIpc) is 3.09. The van der Waals surface area contributed by atoms with Crippen molar-refractivity contribution in [3.63, 3.8) is 0 Å². The number of Topliss-reactive ketones (excluding diaryl/α,β-unsaturated/α-hetero) is 1. The molecule has 0 saturated heterocycles. The van der Waals surface area contributed by atoms with E-state index in [9.17, 15) is 4.79 Å². The number of rotatable bonds is 5. The van der Waals surface area contributed by atoms with Gasteiger partial charge in [-0.05, 0) is 37.6 Å². The molecule has 0 spiro atoms. The minimum Gasteiger partial charge on any atom is -0.301 e. The zero-order chi connectivity index (χ0) is 19.7. The second-order valence-electron chi connectivity index (χ2n) is 6.51. The van der Waals surface area contributed by atoms with Crippen molar-refractivity contribution >= 4 is 40.2 Å². The third kappa shape index (κ3) is 3.55. The summed E-state index contributed by atoms with van der Waals surface area (Å²) in [6, 6.07) is 17.8. The highest BCUT2D eigenvalue weighted by atomic mass is 35.5. The Hall–Kier alpha value is -2.63. The van der Waals surface area contributed by atoms with Crippen LogP contribution in [0.4, 0.5) is 0 Å². The third-order valence-corrected chi connectivity index (χ3v) is 6.03. The minimum atomic E-state index is -0.184. The van der Waals surface area contributed by atoms with Crippen LogP contribution in [0.1, 0.15) is 13.8 Å². The molecule has 0 bridgehead atoms. The van der Waals surface area contributed by atoms with E-state index in [1.165, 1.54) is 11.8 Å². The third-order valence-electron chi connectivity index (χ3n) is 4.58. The fourth-order valence-electron chi connectivity index (χ4n) is 3.03. The summed E-state index contributed by atoms with van der Waals surface area (Å²) in [5, 5.41) is 2.21. The van der Waals surface area contributed by atoms with Gasteiger partial charge in [0.2, 0.25) is 0 Å². The van der Waals surface area contributed by atoms with Crippen LogP contribution >= 0.6 is 23.4 Å². The van der Waals surface area contributed by atoms with E-state index in [0.29, 0.717) is 5.02 Å². The molecule has 0 unspecified atom stereocenters. The molecule has 2 aromatic carbocycles. The molecule has 0 saturated carbocycles. The molecule has 0 amide bonds. The Labute approximate surface area is 172 Å². The lowest BCUT2D eigenvalue weighted by atomic mass is 10.1. The SMILES string of the molecule is CC(=O)[C@H](C)Sc1ncnc2c1c(-c1ccccc1)cn2-c1cccc(Cl)c1. The first-order valence-electron chi connectivity index (χ1n) is 8.89. The van der Waals surface area contributed by atoms with Crippen LogP contribution < -0.4 is 0 Å². The summed E-state index contributed by atoms with van der Waals surface area (Å²) in [6.07, 6.45) is 3.61. The first-order valence-corrected chi connectivity index (χ1v) is 10.1. The van der Waals surface area contributed by atoms with Gasteiger partial charge < -0.3 is 4.57 Å². The van der Waals surface area contributed by atoms with Gasteiger partial charge in [0.25, 0.3) is 0 Å². The lowest BCUT2D eigenvalue weighted by molar-refractivity contribution is -0.116. The number of nitrogens with zero attached hydrogens (tertiary/aromatic N) is 3. The standard InChI is InChI=1S/C22H18ClN3OS/c1-14(27)15(2)28-22-20-19(16-7-4-3-5-8-16)12-26(21(20)24-13-25-22)18-10-6-9-17(23)11-18/h3-13,15H,1-2H3/t15-/m0/s1. The minimum absolute atomic E-state index is 0.118. The van der Waals surface area contributed by atoms with Crippen molar-refractivity contribution in [2.24, 2.45) is 0 Å². The molecule has 0 aliphatic heterocycles. The van der Waals surface area contributed by atoms with E-state index in [1.807, 2.05) is 54.0 Å². The van der Waals surface area contributed by atoms with E-state index in [4.69, 9.17) is 11.6 Å². The number of hydrogen-bond donors (Lipinski definition) is 0. The Morgan fingerprint density at radius 1 is 1.11 bits per heavy atom. The molecule has 28 heavy (non-hydrogen) atoms. The molecule has 4 nitrogen and oxygen atoms in total. The maximum Gasteiger partial charge on any atom is 0.149 e. The summed E-state index contributed by atoms with van der Waals surface area (Å²) >= 11 is 7.68. The molecule has 0 radical (unpaired) electrons. The van der Waals surface area contributed by atoms with E-state index < -0.39 is 0 Å². The zero-order valence-electron chi connectivity index (χ0n) is 15.5. The first kappa shape index (κ1) is 18.7. The number of thioether (sulfide) groups is 1. The van der Waals surface area contributed by atoms with Crippen molar-refractivity contribution in [2.45, 2.75) is 24.1 Å². The Morgan fingerprint density at radius 3 is 2.61 bits per heavy atom. The predicted molar refractivity (Wildman–Crippen MR) is 115 cm³/mol. The fourth-order valence-corrected chi connectivity index (χ4v) is 4.15. The number of aromatic nitrogens is 3. The molecule has 2 aromatic heterocycles. The lowest BCUT2D eigenvalue weighted by Crippen LogP contribution is -2.08. The van der Waals surface area contributed by atoms with Gasteiger partial charge in [-0.15, -0.1) is 0 Å². The highest BCUT2D eigenvalue weighted by Gasteiger charge is 2.20. The normalized spacial score (nSPS) is 12.2. The number of hydrogen-bond acceptors (Lipinski definition) is 4. The first-order chi connectivity index (χ1) is 13.5. The summed E-state index contributed by atoms with van der Waals surface area (Å²) in [5.41, 5.74) is 3.80. The van der Waals surface area contributed by atoms with E-state index in [1.54, 1.807) is 13.3 Å². The lowest BCUT2D eigenvalue weighted by Gasteiger charge is -2.09. The van der Waals surface area contributed by atoms with Crippen LogP contribution in [0.15, 0.2) is 72.1 Å². The van der Waals surface area contributed by atoms with Gasteiger partial charge in [0.15, 0.2) is 0 Å². The molecule has 1 atom stereocenters. The summed E-state index contributed by atoms with van der Waals surface area (Å²) < 4.78 is 2.02. The molecule has 0 fully saturated rings. The number of halogens is 1. The summed E-state index contributed by atoms with van der Waals surface area (Å²) in [6.45, 7) is 3.50. The molecule has 2 heterocycles. The molecule has 140 valence electrons. The molecule has 0 aliphatic carbocycles. The van der Waals surface area contributed by atoms with Crippen molar-refractivity contribution in [3.05, 3.63) is 72.1 Å². The van der Waals surface area contributed by atoms with Crippen molar-refractivity contribution in [2.75, 3.05) is 0 Å². The van der Waals surface area contributed by atoms with Crippen LogP contribution in [0.5, 0.6) is 0 Å². The number of fused-ring (bicyclic) bond motifs is 1. The van der Waals surface area contributed by atoms with Crippen molar-refractivity contribution in [3.8, 4) is 16.8 Å². The maximum absolute atomic E-state index is 11.8. The molecule has 0 aliphatic rings. The van der Waals surface area contributed by atoms with Crippen LogP contribution in [-0.2, 0) is 4.79 Å². The van der Waals surface area contributed by atoms with Gasteiger partial charge in [-0.2, -0.15) is 0 Å². The smallest absolute Gasteiger partial charge is 0.149 e. The van der Waals surface area contributed by atoms with Crippen LogP contribution in [-0.4, -0.2) is 25.6 Å². The van der Waals surface area contributed by atoms with Crippen molar-refractivity contribution < 1.29 is 4.79 Å².